The molecule has 0 radical (unpaired) electrons. The first kappa shape index (κ1) is 17.0. The Morgan fingerprint density at radius 2 is 1.68 bits per heavy atom. The summed E-state index contributed by atoms with van der Waals surface area (Å²) in [7, 11) is 1.65. The van der Waals surface area contributed by atoms with Gasteiger partial charge in [-0.1, -0.05) is 31.2 Å². The minimum Gasteiger partial charge on any atom is -0.497 e. The summed E-state index contributed by atoms with van der Waals surface area (Å²) in [5.74, 6) is 2.22. The average molecular weight is 337 g/mol. The first-order chi connectivity index (χ1) is 12.2. The van der Waals surface area contributed by atoms with Crippen molar-refractivity contribution in [2.24, 2.45) is 0 Å². The molecule has 1 unspecified atom stereocenters. The SMILES string of the molecule is CCC(C)c1ccc(OCc2cn(-c3ccc(OC)cc3)nn2)cc1. The number of ether oxygens (including phenoxy) is 2. The third kappa shape index (κ3) is 4.18. The molecule has 0 saturated heterocycles. The van der Waals surface area contributed by atoms with Gasteiger partial charge in [0.1, 0.15) is 23.8 Å². The first-order valence-corrected chi connectivity index (χ1v) is 8.48. The van der Waals surface area contributed by atoms with Crippen LogP contribution in [0.15, 0.2) is 54.7 Å². The maximum absolute atomic E-state index is 5.81. The number of hydrogen-bond acceptors (Lipinski definition) is 4. The van der Waals surface area contributed by atoms with E-state index in [1.54, 1.807) is 11.8 Å². The van der Waals surface area contributed by atoms with Crippen LogP contribution in [0, 0.1) is 0 Å². The second-order valence-electron chi connectivity index (χ2n) is 6.02. The maximum Gasteiger partial charge on any atom is 0.134 e. The van der Waals surface area contributed by atoms with Gasteiger partial charge in [0.25, 0.3) is 0 Å². The normalized spacial score (nSPS) is 12.0. The summed E-state index contributed by atoms with van der Waals surface area (Å²) in [6, 6.07) is 15.9. The molecule has 5 nitrogen and oxygen atoms in total. The van der Waals surface area contributed by atoms with Gasteiger partial charge in [0.15, 0.2) is 0 Å². The Balaban J connectivity index is 1.61. The predicted molar refractivity (Wildman–Crippen MR) is 97.4 cm³/mol. The molecule has 0 amide bonds. The van der Waals surface area contributed by atoms with Crippen LogP contribution in [0.4, 0.5) is 0 Å². The molecule has 1 heterocycles. The molecule has 5 heteroatoms. The topological polar surface area (TPSA) is 49.2 Å². The van der Waals surface area contributed by atoms with Crippen LogP contribution in [0.25, 0.3) is 5.69 Å². The van der Waals surface area contributed by atoms with Crippen molar-refractivity contribution < 1.29 is 9.47 Å². The number of nitrogens with zero attached hydrogens (tertiary/aromatic N) is 3. The molecular weight excluding hydrogens is 314 g/mol. The first-order valence-electron chi connectivity index (χ1n) is 8.48. The second-order valence-corrected chi connectivity index (χ2v) is 6.02. The molecular formula is C20H23N3O2. The van der Waals surface area contributed by atoms with E-state index >= 15 is 0 Å². The van der Waals surface area contributed by atoms with Gasteiger partial charge in [0.05, 0.1) is 19.0 Å². The number of methoxy groups -OCH3 is 1. The van der Waals surface area contributed by atoms with Crippen LogP contribution in [0.1, 0.15) is 37.4 Å². The zero-order valence-electron chi connectivity index (χ0n) is 14.8. The molecule has 25 heavy (non-hydrogen) atoms. The van der Waals surface area contributed by atoms with E-state index in [0.717, 1.165) is 29.3 Å². The number of rotatable bonds is 7. The molecule has 0 aliphatic carbocycles. The van der Waals surface area contributed by atoms with E-state index in [-0.39, 0.29) is 0 Å². The van der Waals surface area contributed by atoms with Crippen molar-refractivity contribution in [2.75, 3.05) is 7.11 Å². The Kier molecular flexibility index (Phi) is 5.33. The molecule has 1 aromatic heterocycles. The van der Waals surface area contributed by atoms with Crippen molar-refractivity contribution in [3.63, 3.8) is 0 Å². The number of benzene rings is 2. The van der Waals surface area contributed by atoms with E-state index in [1.165, 1.54) is 5.56 Å². The molecule has 0 aliphatic rings. The van der Waals surface area contributed by atoms with Gasteiger partial charge in [-0.2, -0.15) is 0 Å². The van der Waals surface area contributed by atoms with Gasteiger partial charge in [-0.05, 0) is 54.3 Å². The molecule has 2 aromatic carbocycles. The molecule has 130 valence electrons. The van der Waals surface area contributed by atoms with Gasteiger partial charge in [-0.15, -0.1) is 5.10 Å². The van der Waals surface area contributed by atoms with E-state index in [1.807, 2.05) is 42.6 Å². The summed E-state index contributed by atoms with van der Waals surface area (Å²) >= 11 is 0. The van der Waals surface area contributed by atoms with Crippen LogP contribution in [-0.2, 0) is 6.61 Å². The minimum atomic E-state index is 0.388. The standard InChI is InChI=1S/C20H23N3O2/c1-4-15(2)16-5-9-20(10-6-16)25-14-17-13-23(22-21-17)18-7-11-19(24-3)12-8-18/h5-13,15H,4,14H2,1-3H3. The smallest absolute Gasteiger partial charge is 0.134 e. The van der Waals surface area contributed by atoms with Crippen LogP contribution >= 0.6 is 0 Å². The monoisotopic (exact) mass is 337 g/mol. The van der Waals surface area contributed by atoms with Crippen molar-refractivity contribution in [1.29, 1.82) is 0 Å². The highest BCUT2D eigenvalue weighted by Gasteiger charge is 2.06. The molecule has 0 bridgehead atoms. The van der Waals surface area contributed by atoms with Crippen LogP contribution in [0.3, 0.4) is 0 Å². The highest BCUT2D eigenvalue weighted by molar-refractivity contribution is 5.36. The fraction of sp³-hybridized carbons (Fsp3) is 0.300. The van der Waals surface area contributed by atoms with Gasteiger partial charge in [0, 0.05) is 0 Å². The Bertz CT molecular complexity index is 795. The molecule has 0 saturated carbocycles. The molecule has 0 spiro atoms. The quantitative estimate of drug-likeness (QED) is 0.642. The summed E-state index contributed by atoms with van der Waals surface area (Å²) in [4.78, 5) is 0. The van der Waals surface area contributed by atoms with E-state index in [9.17, 15) is 0 Å². The van der Waals surface area contributed by atoms with E-state index in [0.29, 0.717) is 12.5 Å². The third-order valence-corrected chi connectivity index (χ3v) is 4.33. The van der Waals surface area contributed by atoms with Crippen LogP contribution < -0.4 is 9.47 Å². The zero-order chi connectivity index (χ0) is 17.6. The highest BCUT2D eigenvalue weighted by Crippen LogP contribution is 2.22. The zero-order valence-corrected chi connectivity index (χ0v) is 14.8. The van der Waals surface area contributed by atoms with E-state index < -0.39 is 0 Å². The van der Waals surface area contributed by atoms with E-state index in [2.05, 4.69) is 36.3 Å². The highest BCUT2D eigenvalue weighted by atomic mass is 16.5. The molecule has 0 N–H and O–H groups in total. The fourth-order valence-electron chi connectivity index (χ4n) is 2.51. The van der Waals surface area contributed by atoms with Crippen LogP contribution in [0.5, 0.6) is 11.5 Å². The summed E-state index contributed by atoms with van der Waals surface area (Å²) in [5.41, 5.74) is 3.04. The second kappa shape index (κ2) is 7.83. The largest absolute Gasteiger partial charge is 0.497 e. The minimum absolute atomic E-state index is 0.388. The Hall–Kier alpha value is -2.82. The summed E-state index contributed by atoms with van der Waals surface area (Å²) < 4.78 is 12.7. The lowest BCUT2D eigenvalue weighted by molar-refractivity contribution is 0.301. The van der Waals surface area contributed by atoms with Gasteiger partial charge in [-0.25, -0.2) is 4.68 Å². The third-order valence-electron chi connectivity index (χ3n) is 4.33. The number of aromatic nitrogens is 3. The van der Waals surface area contributed by atoms with E-state index in [4.69, 9.17) is 9.47 Å². The fourth-order valence-corrected chi connectivity index (χ4v) is 2.51. The van der Waals surface area contributed by atoms with Gasteiger partial charge >= 0.3 is 0 Å². The van der Waals surface area contributed by atoms with Gasteiger partial charge in [0.2, 0.25) is 0 Å². The van der Waals surface area contributed by atoms with Gasteiger partial charge in [-0.3, -0.25) is 0 Å². The Morgan fingerprint density at radius 3 is 2.32 bits per heavy atom. The average Bonchev–Trinajstić information content (AvgIpc) is 3.15. The van der Waals surface area contributed by atoms with Crippen molar-refractivity contribution in [2.45, 2.75) is 32.8 Å². The van der Waals surface area contributed by atoms with Crippen molar-refractivity contribution in [1.82, 2.24) is 15.0 Å². The van der Waals surface area contributed by atoms with Gasteiger partial charge < -0.3 is 9.47 Å². The molecule has 1 atom stereocenters. The summed E-state index contributed by atoms with van der Waals surface area (Å²) in [6.45, 7) is 4.81. The maximum atomic E-state index is 5.81. The summed E-state index contributed by atoms with van der Waals surface area (Å²) in [6.07, 6.45) is 3.00. The lowest BCUT2D eigenvalue weighted by atomic mass is 9.99. The van der Waals surface area contributed by atoms with Crippen molar-refractivity contribution >= 4 is 0 Å². The van der Waals surface area contributed by atoms with Crippen LogP contribution in [0.2, 0.25) is 0 Å². The Labute approximate surface area is 148 Å². The molecule has 3 rings (SSSR count). The van der Waals surface area contributed by atoms with Crippen molar-refractivity contribution in [3.8, 4) is 17.2 Å². The molecule has 3 aromatic rings. The summed E-state index contributed by atoms with van der Waals surface area (Å²) in [5, 5.41) is 8.31. The molecule has 0 aliphatic heterocycles. The lowest BCUT2D eigenvalue weighted by Gasteiger charge is -2.10. The van der Waals surface area contributed by atoms with Crippen LogP contribution in [-0.4, -0.2) is 22.1 Å². The predicted octanol–water partition coefficient (Wildman–Crippen LogP) is 4.37. The van der Waals surface area contributed by atoms with Crippen molar-refractivity contribution in [3.05, 3.63) is 66.0 Å². The molecule has 0 fully saturated rings. The number of hydrogen-bond donors (Lipinski definition) is 0. The lowest BCUT2D eigenvalue weighted by Crippen LogP contribution is -1.97. The Morgan fingerprint density at radius 1 is 1.00 bits per heavy atom.